The SMILES string of the molecule is Cc1c(C(=O)Nc2ccc(Oc3ccnc4cc(OCCCC5(OC(=O)CN)CC5)ccc34)c(F)c2)c(=O)n(-c2ccccc2)n1C.Cl.Cl. The summed E-state index contributed by atoms with van der Waals surface area (Å²) < 4.78 is 35.5. The molecule has 6 rings (SSSR count). The lowest BCUT2D eigenvalue weighted by Crippen LogP contribution is -2.25. The number of aromatic nitrogens is 3. The number of para-hydroxylation sites is 1. The number of halogens is 3. The van der Waals surface area contributed by atoms with Gasteiger partial charge >= 0.3 is 5.97 Å². The quantitative estimate of drug-likeness (QED) is 0.114. The summed E-state index contributed by atoms with van der Waals surface area (Å²) in [6.07, 6.45) is 4.64. The second kappa shape index (κ2) is 15.5. The Hall–Kier alpha value is -4.91. The normalized spacial score (nSPS) is 12.7. The van der Waals surface area contributed by atoms with Gasteiger partial charge in [0.15, 0.2) is 11.6 Å². The molecule has 1 aliphatic carbocycles. The number of fused-ring (bicyclic) bond motifs is 1. The summed E-state index contributed by atoms with van der Waals surface area (Å²) in [7, 11) is 1.69. The van der Waals surface area contributed by atoms with Gasteiger partial charge in [0.2, 0.25) is 0 Å². The van der Waals surface area contributed by atoms with Crippen LogP contribution in [0.3, 0.4) is 0 Å². The van der Waals surface area contributed by atoms with Crippen LogP contribution in [0.15, 0.2) is 83.8 Å². The number of hydrogen-bond acceptors (Lipinski definition) is 8. The Morgan fingerprint density at radius 3 is 2.47 bits per heavy atom. The van der Waals surface area contributed by atoms with E-state index >= 15 is 4.39 Å². The minimum atomic E-state index is -0.704. The van der Waals surface area contributed by atoms with E-state index in [9.17, 15) is 14.4 Å². The number of benzene rings is 3. The number of nitrogens with one attached hydrogen (secondary N) is 1. The highest BCUT2D eigenvalue weighted by Gasteiger charge is 2.45. The Labute approximate surface area is 294 Å². The first kappa shape index (κ1) is 36.9. The lowest BCUT2D eigenvalue weighted by Gasteiger charge is -2.16. The molecule has 258 valence electrons. The number of anilines is 1. The van der Waals surface area contributed by atoms with E-state index in [2.05, 4.69) is 10.3 Å². The zero-order chi connectivity index (χ0) is 33.1. The molecule has 0 aliphatic heterocycles. The van der Waals surface area contributed by atoms with Crippen LogP contribution in [0.1, 0.15) is 41.7 Å². The lowest BCUT2D eigenvalue weighted by atomic mass is 10.1. The largest absolute Gasteiger partial charge is 0.494 e. The van der Waals surface area contributed by atoms with E-state index < -0.39 is 28.9 Å². The highest BCUT2D eigenvalue weighted by atomic mass is 35.5. The van der Waals surface area contributed by atoms with Gasteiger partial charge in [0, 0.05) is 36.5 Å². The molecule has 0 radical (unpaired) electrons. The van der Waals surface area contributed by atoms with Crippen LogP contribution < -0.4 is 26.1 Å². The van der Waals surface area contributed by atoms with Crippen molar-refractivity contribution in [3.05, 3.63) is 106 Å². The van der Waals surface area contributed by atoms with Crippen LogP contribution in [-0.4, -0.2) is 45.0 Å². The highest BCUT2D eigenvalue weighted by Crippen LogP contribution is 2.43. The third kappa shape index (κ3) is 8.05. The van der Waals surface area contributed by atoms with Gasteiger partial charge in [-0.15, -0.1) is 24.8 Å². The van der Waals surface area contributed by atoms with E-state index in [0.717, 1.165) is 18.9 Å². The third-order valence-corrected chi connectivity index (χ3v) is 8.22. The number of pyridine rings is 1. The molecule has 0 unspecified atom stereocenters. The Balaban J connectivity index is 0.00000270. The van der Waals surface area contributed by atoms with Crippen molar-refractivity contribution in [3.8, 4) is 22.9 Å². The first-order chi connectivity index (χ1) is 22.7. The minimum absolute atomic E-state index is 0. The molecule has 2 heterocycles. The summed E-state index contributed by atoms with van der Waals surface area (Å²) in [6.45, 7) is 1.99. The topological polar surface area (TPSA) is 140 Å². The summed E-state index contributed by atoms with van der Waals surface area (Å²) in [5, 5.41) is 3.28. The first-order valence-electron chi connectivity index (χ1n) is 15.2. The van der Waals surface area contributed by atoms with Crippen molar-refractivity contribution in [2.24, 2.45) is 12.8 Å². The van der Waals surface area contributed by atoms with E-state index in [4.69, 9.17) is 19.9 Å². The predicted molar refractivity (Wildman–Crippen MR) is 188 cm³/mol. The van der Waals surface area contributed by atoms with Crippen molar-refractivity contribution in [1.29, 1.82) is 0 Å². The fourth-order valence-electron chi connectivity index (χ4n) is 5.49. The van der Waals surface area contributed by atoms with Crippen molar-refractivity contribution < 1.29 is 28.2 Å². The molecule has 1 saturated carbocycles. The molecule has 11 nitrogen and oxygen atoms in total. The fourth-order valence-corrected chi connectivity index (χ4v) is 5.49. The van der Waals surface area contributed by atoms with Gasteiger partial charge in [-0.2, -0.15) is 0 Å². The molecule has 2 aromatic heterocycles. The lowest BCUT2D eigenvalue weighted by molar-refractivity contribution is -0.149. The maximum atomic E-state index is 15.2. The number of ether oxygens (including phenoxy) is 3. The van der Waals surface area contributed by atoms with Crippen LogP contribution in [0.2, 0.25) is 0 Å². The van der Waals surface area contributed by atoms with Gasteiger partial charge in [0.1, 0.15) is 22.7 Å². The molecule has 1 aliphatic rings. The first-order valence-corrected chi connectivity index (χ1v) is 15.2. The van der Waals surface area contributed by atoms with Crippen LogP contribution >= 0.6 is 24.8 Å². The van der Waals surface area contributed by atoms with Crippen molar-refractivity contribution in [2.45, 2.75) is 38.2 Å². The Morgan fingerprint density at radius 1 is 1.02 bits per heavy atom. The number of hydrogen-bond donors (Lipinski definition) is 2. The molecular formula is C35H36Cl2FN5O6. The minimum Gasteiger partial charge on any atom is -0.494 e. The average Bonchev–Trinajstić information content (AvgIpc) is 3.79. The molecule has 0 atom stereocenters. The molecule has 14 heteroatoms. The Morgan fingerprint density at radius 2 is 1.78 bits per heavy atom. The van der Waals surface area contributed by atoms with E-state index in [1.807, 2.05) is 6.07 Å². The smallest absolute Gasteiger partial charge is 0.320 e. The summed E-state index contributed by atoms with van der Waals surface area (Å²) in [5.41, 5.74) is 6.28. The van der Waals surface area contributed by atoms with Crippen molar-refractivity contribution in [1.82, 2.24) is 14.3 Å². The number of carbonyl (C=O) groups excluding carboxylic acids is 2. The number of nitrogens with zero attached hydrogens (tertiary/aromatic N) is 3. The van der Waals surface area contributed by atoms with Gasteiger partial charge in [0.05, 0.1) is 30.0 Å². The molecule has 3 N–H and O–H groups in total. The van der Waals surface area contributed by atoms with Gasteiger partial charge in [-0.25, -0.2) is 9.07 Å². The van der Waals surface area contributed by atoms with Gasteiger partial charge in [-0.05, 0) is 75.1 Å². The van der Waals surface area contributed by atoms with Crippen LogP contribution in [-0.2, 0) is 16.6 Å². The predicted octanol–water partition coefficient (Wildman–Crippen LogP) is 6.25. The van der Waals surface area contributed by atoms with Gasteiger partial charge in [0.25, 0.3) is 11.5 Å². The molecule has 0 saturated heterocycles. The standard InChI is InChI=1S/C35H34FN5O6.2ClH/c1-22-32(34(44)41(40(22)2)24-7-4-3-5-8-24)33(43)39-23-9-12-30(27(36)19-23)46-29-13-17-38-28-20-25(10-11-26(28)29)45-18-6-14-35(15-16-35)47-31(42)21-37;;/h3-5,7-13,17,19-20H,6,14-16,18,21,37H2,1-2H3,(H,39,43);2*1H. The molecule has 5 aromatic rings. The zero-order valence-electron chi connectivity index (χ0n) is 26.8. The zero-order valence-corrected chi connectivity index (χ0v) is 28.4. The number of amides is 1. The second-order valence-electron chi connectivity index (χ2n) is 11.4. The number of nitrogens with two attached hydrogens (primary N) is 1. The van der Waals surface area contributed by atoms with Gasteiger partial charge in [-0.3, -0.25) is 24.0 Å². The van der Waals surface area contributed by atoms with E-state index in [-0.39, 0.29) is 48.4 Å². The summed E-state index contributed by atoms with van der Waals surface area (Å²) in [5.74, 6) is -0.797. The summed E-state index contributed by atoms with van der Waals surface area (Å²) in [4.78, 5) is 42.3. The molecule has 1 fully saturated rings. The van der Waals surface area contributed by atoms with E-state index in [1.54, 1.807) is 73.4 Å². The van der Waals surface area contributed by atoms with Crippen LogP contribution in [0.5, 0.6) is 17.2 Å². The summed E-state index contributed by atoms with van der Waals surface area (Å²) >= 11 is 0. The van der Waals surface area contributed by atoms with Crippen molar-refractivity contribution in [3.63, 3.8) is 0 Å². The Kier molecular flexibility index (Phi) is 11.7. The van der Waals surface area contributed by atoms with Gasteiger partial charge < -0.3 is 25.3 Å². The fraction of sp³-hybridized carbons (Fsp3) is 0.257. The van der Waals surface area contributed by atoms with Crippen LogP contribution in [0.4, 0.5) is 10.1 Å². The number of rotatable bonds is 12. The Bertz CT molecular complexity index is 2030. The molecule has 0 bridgehead atoms. The summed E-state index contributed by atoms with van der Waals surface area (Å²) in [6, 6.07) is 20.0. The van der Waals surface area contributed by atoms with Crippen LogP contribution in [0.25, 0.3) is 16.6 Å². The van der Waals surface area contributed by atoms with Crippen molar-refractivity contribution >= 4 is 53.3 Å². The maximum absolute atomic E-state index is 15.2. The van der Waals surface area contributed by atoms with Crippen LogP contribution in [0, 0.1) is 12.7 Å². The monoisotopic (exact) mass is 711 g/mol. The third-order valence-electron chi connectivity index (χ3n) is 8.22. The molecule has 49 heavy (non-hydrogen) atoms. The average molecular weight is 713 g/mol. The molecule has 1 amide bonds. The van der Waals surface area contributed by atoms with Gasteiger partial charge in [-0.1, -0.05) is 18.2 Å². The number of carbonyl (C=O) groups is 2. The highest BCUT2D eigenvalue weighted by molar-refractivity contribution is 6.05. The second-order valence-corrected chi connectivity index (χ2v) is 11.4. The molecular weight excluding hydrogens is 676 g/mol. The molecule has 3 aromatic carbocycles. The number of esters is 1. The van der Waals surface area contributed by atoms with E-state index in [1.165, 1.54) is 16.8 Å². The van der Waals surface area contributed by atoms with E-state index in [0.29, 0.717) is 53.2 Å². The van der Waals surface area contributed by atoms with Crippen molar-refractivity contribution in [2.75, 3.05) is 18.5 Å². The maximum Gasteiger partial charge on any atom is 0.320 e. The molecule has 0 spiro atoms.